The summed E-state index contributed by atoms with van der Waals surface area (Å²) in [6.07, 6.45) is 4.10. The van der Waals surface area contributed by atoms with Crippen molar-refractivity contribution in [1.82, 2.24) is 15.0 Å². The molecule has 5 atom stereocenters. The van der Waals surface area contributed by atoms with Gasteiger partial charge in [0.25, 0.3) is 0 Å². The zero-order chi connectivity index (χ0) is 30.4. The van der Waals surface area contributed by atoms with Gasteiger partial charge in [-0.05, 0) is 94.5 Å². The fourth-order valence-corrected chi connectivity index (χ4v) is 9.75. The van der Waals surface area contributed by atoms with Crippen molar-refractivity contribution < 1.29 is 0 Å². The van der Waals surface area contributed by atoms with Gasteiger partial charge in [-0.2, -0.15) is 5.26 Å². The molecule has 2 unspecified atom stereocenters. The van der Waals surface area contributed by atoms with Crippen LogP contribution < -0.4 is 0 Å². The SMILES string of the molecule is N#Cc1ccc(-c2cccc(-c3nc(-c4ccccc4)nc(-c4cccc5c4-c4ccccc4C54[C@H]5CC[C@H]6C[C@H]4C65)n3)c2)cc1. The van der Waals surface area contributed by atoms with Crippen molar-refractivity contribution in [3.63, 3.8) is 0 Å². The van der Waals surface area contributed by atoms with Crippen LogP contribution in [0.25, 0.3) is 56.4 Å². The Hall–Kier alpha value is -5.40. The molecule has 0 bridgehead atoms. The highest BCUT2D eigenvalue weighted by atomic mass is 15.0. The van der Waals surface area contributed by atoms with Crippen LogP contribution in [-0.4, -0.2) is 15.0 Å². The van der Waals surface area contributed by atoms with Crippen LogP contribution >= 0.6 is 0 Å². The second-order valence-electron chi connectivity index (χ2n) is 13.4. The van der Waals surface area contributed by atoms with Gasteiger partial charge in [0.2, 0.25) is 0 Å². The summed E-state index contributed by atoms with van der Waals surface area (Å²) < 4.78 is 0. The van der Waals surface area contributed by atoms with Gasteiger partial charge in [-0.1, -0.05) is 103 Å². The summed E-state index contributed by atoms with van der Waals surface area (Å²) in [6, 6.07) is 44.5. The fourth-order valence-electron chi connectivity index (χ4n) is 9.75. The van der Waals surface area contributed by atoms with Crippen molar-refractivity contribution in [2.24, 2.45) is 23.7 Å². The standard InChI is InChI=1S/C42H30N4/c43-24-25-16-18-26(19-17-25)28-10-6-11-30(22-28)40-44-39(27-8-2-1-3-9-27)45-41(46-40)32-13-7-15-34-38(32)31-12-4-5-14-33(31)42(34)35-21-20-29-23-36(42)37(29)35/h1-19,22,29,35-37H,20-21,23H2/t29-,35-,36-,37?,42?/m0/s1. The molecule has 0 N–H and O–H groups in total. The van der Waals surface area contributed by atoms with E-state index in [1.54, 1.807) is 0 Å². The normalized spacial score (nSPS) is 24.3. The molecule has 3 fully saturated rings. The quantitative estimate of drug-likeness (QED) is 0.205. The van der Waals surface area contributed by atoms with Crippen LogP contribution in [0.2, 0.25) is 0 Å². The van der Waals surface area contributed by atoms with E-state index in [0.29, 0.717) is 23.0 Å². The average Bonchev–Trinajstić information content (AvgIpc) is 3.49. The summed E-state index contributed by atoms with van der Waals surface area (Å²) in [5.74, 6) is 5.38. The van der Waals surface area contributed by atoms with E-state index in [-0.39, 0.29) is 5.41 Å². The molecule has 4 heteroatoms. The lowest BCUT2D eigenvalue weighted by molar-refractivity contribution is -0.114. The van der Waals surface area contributed by atoms with Gasteiger partial charge in [0.05, 0.1) is 11.6 Å². The van der Waals surface area contributed by atoms with E-state index in [1.165, 1.54) is 41.5 Å². The Morgan fingerprint density at radius 3 is 2.09 bits per heavy atom. The first-order valence-electron chi connectivity index (χ1n) is 16.4. The maximum absolute atomic E-state index is 9.27. The Morgan fingerprint density at radius 2 is 1.24 bits per heavy atom. The first kappa shape index (κ1) is 25.9. The van der Waals surface area contributed by atoms with Gasteiger partial charge < -0.3 is 0 Å². The Morgan fingerprint density at radius 1 is 0.565 bits per heavy atom. The Bertz CT molecular complexity index is 2230. The van der Waals surface area contributed by atoms with Gasteiger partial charge in [0.15, 0.2) is 17.5 Å². The summed E-state index contributed by atoms with van der Waals surface area (Å²) in [4.78, 5) is 15.5. The lowest BCUT2D eigenvalue weighted by Gasteiger charge is -2.67. The Balaban J connectivity index is 1.17. The Kier molecular flexibility index (Phi) is 5.37. The molecule has 1 heterocycles. The second-order valence-corrected chi connectivity index (χ2v) is 13.4. The van der Waals surface area contributed by atoms with E-state index in [9.17, 15) is 5.26 Å². The molecule has 6 aromatic rings. The third kappa shape index (κ3) is 3.40. The number of hydrogen-bond donors (Lipinski definition) is 0. The molecule has 5 aromatic carbocycles. The number of aromatic nitrogens is 3. The summed E-state index contributed by atoms with van der Waals surface area (Å²) in [6.45, 7) is 0. The second kappa shape index (κ2) is 9.55. The van der Waals surface area contributed by atoms with E-state index < -0.39 is 0 Å². The molecule has 0 amide bonds. The van der Waals surface area contributed by atoms with Crippen molar-refractivity contribution >= 4 is 0 Å². The highest BCUT2D eigenvalue weighted by molar-refractivity contribution is 5.92. The van der Waals surface area contributed by atoms with Crippen molar-refractivity contribution in [3.8, 4) is 62.5 Å². The van der Waals surface area contributed by atoms with Crippen LogP contribution in [0, 0.1) is 35.0 Å². The van der Waals surface area contributed by atoms with E-state index >= 15 is 0 Å². The zero-order valence-electron chi connectivity index (χ0n) is 25.3. The molecular formula is C42H30N4. The van der Waals surface area contributed by atoms with Crippen molar-refractivity contribution in [2.45, 2.75) is 24.7 Å². The van der Waals surface area contributed by atoms with Gasteiger partial charge in [-0.25, -0.2) is 15.0 Å². The van der Waals surface area contributed by atoms with Gasteiger partial charge in [0.1, 0.15) is 0 Å². The zero-order valence-corrected chi connectivity index (χ0v) is 25.3. The highest BCUT2D eigenvalue weighted by Gasteiger charge is 2.74. The molecule has 0 aliphatic heterocycles. The van der Waals surface area contributed by atoms with E-state index in [4.69, 9.17) is 15.0 Å². The first-order chi connectivity index (χ1) is 22.7. The molecule has 10 rings (SSSR count). The largest absolute Gasteiger partial charge is 0.208 e. The summed E-state index contributed by atoms with van der Waals surface area (Å²) in [5.41, 5.74) is 11.5. The molecule has 4 nitrogen and oxygen atoms in total. The minimum atomic E-state index is 0.132. The molecule has 1 spiro atoms. The Labute approximate surface area is 268 Å². The van der Waals surface area contributed by atoms with Gasteiger partial charge in [-0.15, -0.1) is 0 Å². The third-order valence-electron chi connectivity index (χ3n) is 11.6. The lowest BCUT2D eigenvalue weighted by atomic mass is 9.36. The predicted octanol–water partition coefficient (Wildman–Crippen LogP) is 9.35. The van der Waals surface area contributed by atoms with Crippen molar-refractivity contribution in [2.75, 3.05) is 0 Å². The number of nitriles is 1. The van der Waals surface area contributed by atoms with Gasteiger partial charge >= 0.3 is 0 Å². The van der Waals surface area contributed by atoms with Crippen LogP contribution in [0.5, 0.6) is 0 Å². The van der Waals surface area contributed by atoms with Crippen molar-refractivity contribution in [1.29, 1.82) is 5.26 Å². The minimum Gasteiger partial charge on any atom is -0.208 e. The predicted molar refractivity (Wildman–Crippen MR) is 180 cm³/mol. The highest BCUT2D eigenvalue weighted by Crippen LogP contribution is 2.79. The number of nitrogens with zero attached hydrogens (tertiary/aromatic N) is 4. The molecule has 0 radical (unpaired) electrons. The van der Waals surface area contributed by atoms with Gasteiger partial charge in [-0.3, -0.25) is 0 Å². The summed E-state index contributed by atoms with van der Waals surface area (Å²) in [5, 5.41) is 9.27. The van der Waals surface area contributed by atoms with Crippen LogP contribution in [0.15, 0.2) is 121 Å². The molecular weight excluding hydrogens is 560 g/mol. The molecule has 4 aliphatic carbocycles. The maximum Gasteiger partial charge on any atom is 0.164 e. The molecule has 3 saturated carbocycles. The maximum atomic E-state index is 9.27. The van der Waals surface area contributed by atoms with Crippen molar-refractivity contribution in [3.05, 3.63) is 138 Å². The number of benzene rings is 5. The minimum absolute atomic E-state index is 0.132. The molecule has 218 valence electrons. The van der Waals surface area contributed by atoms with E-state index in [2.05, 4.69) is 84.9 Å². The number of rotatable bonds is 4. The monoisotopic (exact) mass is 590 g/mol. The van der Waals surface area contributed by atoms with Gasteiger partial charge in [0, 0.05) is 22.1 Å². The number of hydrogen-bond acceptors (Lipinski definition) is 4. The van der Waals surface area contributed by atoms with E-state index in [0.717, 1.165) is 51.5 Å². The number of fused-ring (bicyclic) bond motifs is 7. The van der Waals surface area contributed by atoms with Crippen LogP contribution in [0.4, 0.5) is 0 Å². The topological polar surface area (TPSA) is 62.5 Å². The fraction of sp³-hybridized carbons (Fsp3) is 0.190. The third-order valence-corrected chi connectivity index (χ3v) is 11.6. The molecule has 46 heavy (non-hydrogen) atoms. The summed E-state index contributed by atoms with van der Waals surface area (Å²) >= 11 is 0. The first-order valence-corrected chi connectivity index (χ1v) is 16.4. The van der Waals surface area contributed by atoms with E-state index in [1.807, 2.05) is 42.5 Å². The molecule has 0 saturated heterocycles. The summed E-state index contributed by atoms with van der Waals surface area (Å²) in [7, 11) is 0. The van der Waals surface area contributed by atoms with Crippen LogP contribution in [0.3, 0.4) is 0 Å². The van der Waals surface area contributed by atoms with Crippen LogP contribution in [-0.2, 0) is 5.41 Å². The molecule has 4 aliphatic rings. The average molecular weight is 591 g/mol. The smallest absolute Gasteiger partial charge is 0.164 e. The van der Waals surface area contributed by atoms with Crippen LogP contribution in [0.1, 0.15) is 36.0 Å². The molecule has 1 aromatic heterocycles. The lowest BCUT2D eigenvalue weighted by Crippen LogP contribution is -2.64.